The Bertz CT molecular complexity index is 225. The average molecular weight is 266 g/mol. The summed E-state index contributed by atoms with van der Waals surface area (Å²) in [5, 5.41) is 3.91. The van der Waals surface area contributed by atoms with Gasteiger partial charge in [-0.25, -0.2) is 0 Å². The molecule has 0 bridgehead atoms. The fraction of sp³-hybridized carbons (Fsp3) is 1.00. The van der Waals surface area contributed by atoms with Gasteiger partial charge in [-0.2, -0.15) is 0 Å². The highest BCUT2D eigenvalue weighted by atomic mass is 15.2. The molecule has 1 unspecified atom stereocenters. The van der Waals surface area contributed by atoms with Crippen molar-refractivity contribution in [3.8, 4) is 0 Å². The lowest BCUT2D eigenvalue weighted by Crippen LogP contribution is -2.46. The van der Waals surface area contributed by atoms with E-state index in [4.69, 9.17) is 0 Å². The first-order valence-electron chi connectivity index (χ1n) is 8.75. The summed E-state index contributed by atoms with van der Waals surface area (Å²) < 4.78 is 0. The van der Waals surface area contributed by atoms with E-state index < -0.39 is 0 Å². The van der Waals surface area contributed by atoms with Crippen LogP contribution in [0.1, 0.15) is 71.6 Å². The fourth-order valence-corrected chi connectivity index (χ4v) is 3.81. The van der Waals surface area contributed by atoms with Crippen LogP contribution in [0, 0.1) is 5.92 Å². The van der Waals surface area contributed by atoms with E-state index in [1.807, 2.05) is 0 Å². The lowest BCUT2D eigenvalue weighted by Gasteiger charge is -2.33. The van der Waals surface area contributed by atoms with Gasteiger partial charge in [0.25, 0.3) is 0 Å². The molecule has 2 rings (SSSR count). The van der Waals surface area contributed by atoms with E-state index in [2.05, 4.69) is 24.1 Å². The summed E-state index contributed by atoms with van der Waals surface area (Å²) in [5.41, 5.74) is 0. The molecular formula is C17H34N2. The van der Waals surface area contributed by atoms with Crippen LogP contribution in [0.15, 0.2) is 0 Å². The molecule has 112 valence electrons. The second-order valence-corrected chi connectivity index (χ2v) is 7.00. The van der Waals surface area contributed by atoms with Crippen molar-refractivity contribution in [3.63, 3.8) is 0 Å². The smallest absolute Gasteiger partial charge is 0.0243 e. The van der Waals surface area contributed by atoms with Crippen molar-refractivity contribution in [1.29, 1.82) is 0 Å². The van der Waals surface area contributed by atoms with E-state index in [0.29, 0.717) is 0 Å². The van der Waals surface area contributed by atoms with Gasteiger partial charge in [-0.15, -0.1) is 0 Å². The summed E-state index contributed by atoms with van der Waals surface area (Å²) in [6, 6.07) is 1.55. The highest BCUT2D eigenvalue weighted by molar-refractivity contribution is 4.82. The molecule has 0 aromatic carbocycles. The van der Waals surface area contributed by atoms with E-state index in [1.54, 1.807) is 0 Å². The van der Waals surface area contributed by atoms with E-state index in [1.165, 1.54) is 77.4 Å². The molecule has 1 aliphatic heterocycles. The molecule has 2 aliphatic rings. The molecule has 1 aliphatic carbocycles. The van der Waals surface area contributed by atoms with Crippen LogP contribution in [0.5, 0.6) is 0 Å². The topological polar surface area (TPSA) is 15.3 Å². The van der Waals surface area contributed by atoms with Gasteiger partial charge >= 0.3 is 0 Å². The molecule has 1 N–H and O–H groups in total. The van der Waals surface area contributed by atoms with Crippen LogP contribution in [-0.4, -0.2) is 36.6 Å². The molecule has 1 atom stereocenters. The molecule has 1 saturated carbocycles. The van der Waals surface area contributed by atoms with Gasteiger partial charge in [-0.3, -0.25) is 4.90 Å². The van der Waals surface area contributed by atoms with Gasteiger partial charge < -0.3 is 5.32 Å². The average Bonchev–Trinajstić information content (AvgIpc) is 2.84. The van der Waals surface area contributed by atoms with Crippen molar-refractivity contribution >= 4 is 0 Å². The van der Waals surface area contributed by atoms with Gasteiger partial charge in [0.05, 0.1) is 0 Å². The van der Waals surface area contributed by atoms with Crippen LogP contribution in [-0.2, 0) is 0 Å². The van der Waals surface area contributed by atoms with Crippen LogP contribution in [0.25, 0.3) is 0 Å². The Morgan fingerprint density at radius 2 is 1.47 bits per heavy atom. The predicted octanol–water partition coefficient (Wildman–Crippen LogP) is 3.81. The second kappa shape index (κ2) is 8.26. The van der Waals surface area contributed by atoms with Crippen LogP contribution >= 0.6 is 0 Å². The van der Waals surface area contributed by atoms with Crippen LogP contribution in [0.3, 0.4) is 0 Å². The largest absolute Gasteiger partial charge is 0.312 e. The summed E-state index contributed by atoms with van der Waals surface area (Å²) in [7, 11) is 0. The summed E-state index contributed by atoms with van der Waals surface area (Å²) in [6.07, 6.45) is 12.9. The maximum absolute atomic E-state index is 3.91. The van der Waals surface area contributed by atoms with Crippen molar-refractivity contribution < 1.29 is 0 Å². The third-order valence-electron chi connectivity index (χ3n) is 5.10. The molecule has 0 aromatic heterocycles. The monoisotopic (exact) mass is 266 g/mol. The second-order valence-electron chi connectivity index (χ2n) is 7.00. The Kier molecular flexibility index (Phi) is 6.66. The van der Waals surface area contributed by atoms with Crippen molar-refractivity contribution in [2.75, 3.05) is 19.6 Å². The third-order valence-corrected chi connectivity index (χ3v) is 5.10. The zero-order valence-electron chi connectivity index (χ0n) is 13.2. The molecule has 1 heterocycles. The highest BCUT2D eigenvalue weighted by Gasteiger charge is 2.25. The zero-order valence-corrected chi connectivity index (χ0v) is 13.2. The summed E-state index contributed by atoms with van der Waals surface area (Å²) in [4.78, 5) is 2.72. The van der Waals surface area contributed by atoms with E-state index in [-0.39, 0.29) is 0 Å². The number of hydrogen-bond donors (Lipinski definition) is 1. The molecule has 1 saturated heterocycles. The number of hydrogen-bond acceptors (Lipinski definition) is 2. The minimum Gasteiger partial charge on any atom is -0.312 e. The molecule has 0 radical (unpaired) electrons. The Labute approximate surface area is 120 Å². The van der Waals surface area contributed by atoms with Gasteiger partial charge in [-0.1, -0.05) is 46.0 Å². The first-order valence-corrected chi connectivity index (χ1v) is 8.75. The van der Waals surface area contributed by atoms with Crippen molar-refractivity contribution in [3.05, 3.63) is 0 Å². The third kappa shape index (κ3) is 5.07. The molecule has 0 aromatic rings. The summed E-state index contributed by atoms with van der Waals surface area (Å²) >= 11 is 0. The van der Waals surface area contributed by atoms with E-state index in [9.17, 15) is 0 Å². The number of nitrogens with one attached hydrogen (secondary N) is 1. The first kappa shape index (κ1) is 15.3. The fourth-order valence-electron chi connectivity index (χ4n) is 3.81. The summed E-state index contributed by atoms with van der Waals surface area (Å²) in [5.74, 6) is 0.777. The number of likely N-dealkylation sites (tertiary alicyclic amines) is 1. The lowest BCUT2D eigenvalue weighted by atomic mass is 9.95. The Morgan fingerprint density at radius 3 is 2.05 bits per heavy atom. The lowest BCUT2D eigenvalue weighted by molar-refractivity contribution is 0.179. The molecule has 2 heteroatoms. The Balaban J connectivity index is 1.76. The molecule has 19 heavy (non-hydrogen) atoms. The molecule has 2 fully saturated rings. The van der Waals surface area contributed by atoms with Gasteiger partial charge in [0.2, 0.25) is 0 Å². The number of rotatable bonds is 5. The maximum atomic E-state index is 3.91. The molecular weight excluding hydrogens is 232 g/mol. The molecule has 2 nitrogen and oxygen atoms in total. The van der Waals surface area contributed by atoms with Gasteiger partial charge in [-0.05, 0) is 44.7 Å². The van der Waals surface area contributed by atoms with Crippen molar-refractivity contribution in [1.82, 2.24) is 10.2 Å². The Morgan fingerprint density at radius 1 is 0.895 bits per heavy atom. The first-order chi connectivity index (χ1) is 9.27. The molecule has 0 spiro atoms. The highest BCUT2D eigenvalue weighted by Crippen LogP contribution is 2.20. The quantitative estimate of drug-likeness (QED) is 0.814. The standard InChI is InChI=1S/C17H34N2/c1-15(2)17(19-12-8-9-13-19)14-18-16-10-6-4-3-5-7-11-16/h15-18H,3-14H2,1-2H3. The van der Waals surface area contributed by atoms with Crippen molar-refractivity contribution in [2.24, 2.45) is 5.92 Å². The van der Waals surface area contributed by atoms with Gasteiger partial charge in [0, 0.05) is 18.6 Å². The van der Waals surface area contributed by atoms with Crippen LogP contribution in [0.4, 0.5) is 0 Å². The SMILES string of the molecule is CC(C)C(CNC1CCCCCCC1)N1CCCC1. The zero-order chi connectivity index (χ0) is 13.5. The maximum Gasteiger partial charge on any atom is 0.0243 e. The minimum atomic E-state index is 0.757. The van der Waals surface area contributed by atoms with Crippen LogP contribution in [0.2, 0.25) is 0 Å². The van der Waals surface area contributed by atoms with E-state index in [0.717, 1.165) is 18.0 Å². The molecule has 0 amide bonds. The van der Waals surface area contributed by atoms with Gasteiger partial charge in [0.1, 0.15) is 0 Å². The van der Waals surface area contributed by atoms with Crippen molar-refractivity contribution in [2.45, 2.75) is 83.7 Å². The van der Waals surface area contributed by atoms with Gasteiger partial charge in [0.15, 0.2) is 0 Å². The predicted molar refractivity (Wildman–Crippen MR) is 83.5 cm³/mol. The normalized spacial score (nSPS) is 25.4. The minimum absolute atomic E-state index is 0.757. The summed E-state index contributed by atoms with van der Waals surface area (Å²) in [6.45, 7) is 8.65. The Hall–Kier alpha value is -0.0800. The van der Waals surface area contributed by atoms with E-state index >= 15 is 0 Å². The van der Waals surface area contributed by atoms with Crippen LogP contribution < -0.4 is 5.32 Å². The number of nitrogens with zero attached hydrogens (tertiary/aromatic N) is 1.